The van der Waals surface area contributed by atoms with Crippen molar-refractivity contribution in [2.24, 2.45) is 0 Å². The van der Waals surface area contributed by atoms with E-state index in [0.29, 0.717) is 0 Å². The second-order valence-electron chi connectivity index (χ2n) is 7.00. The Hall–Kier alpha value is -1.02. The zero-order valence-electron chi connectivity index (χ0n) is 13.5. The van der Waals surface area contributed by atoms with Gasteiger partial charge in [0.25, 0.3) is 0 Å². The lowest BCUT2D eigenvalue weighted by atomic mass is 9.85. The lowest BCUT2D eigenvalue weighted by Gasteiger charge is -2.23. The summed E-state index contributed by atoms with van der Waals surface area (Å²) in [5.74, 6) is 1.06. The normalized spacial score (nSPS) is 16.6. The molecule has 0 amide bonds. The van der Waals surface area contributed by atoms with Crippen molar-refractivity contribution >= 4 is 0 Å². The first kappa shape index (κ1) is 15.4. The first-order valence-corrected chi connectivity index (χ1v) is 7.93. The average Bonchev–Trinajstić information content (AvgIpc) is 2.88. The minimum Gasteiger partial charge on any atom is -0.493 e. The molecule has 2 nitrogen and oxygen atoms in total. The predicted molar refractivity (Wildman–Crippen MR) is 85.7 cm³/mol. The van der Waals surface area contributed by atoms with Gasteiger partial charge in [0.2, 0.25) is 0 Å². The number of hydrogen-bond donors (Lipinski definition) is 0. The van der Waals surface area contributed by atoms with Gasteiger partial charge in [-0.3, -0.25) is 0 Å². The Morgan fingerprint density at radius 2 is 1.85 bits per heavy atom. The standard InChI is InChI=1S/C18H29NO/c1-15-8-9-17(16(14-15)18(2,3)4)20-13-7-12-19-10-5-6-11-19/h8-9,14H,5-7,10-13H2,1-4H3. The number of nitrogens with zero attached hydrogens (tertiary/aromatic N) is 1. The molecule has 20 heavy (non-hydrogen) atoms. The number of hydrogen-bond acceptors (Lipinski definition) is 2. The summed E-state index contributed by atoms with van der Waals surface area (Å²) in [7, 11) is 0. The van der Waals surface area contributed by atoms with E-state index in [-0.39, 0.29) is 5.41 Å². The molecule has 1 aromatic carbocycles. The average molecular weight is 275 g/mol. The van der Waals surface area contributed by atoms with E-state index < -0.39 is 0 Å². The van der Waals surface area contributed by atoms with Gasteiger partial charge in [0.05, 0.1) is 6.61 Å². The molecule has 1 heterocycles. The fourth-order valence-electron chi connectivity index (χ4n) is 2.83. The van der Waals surface area contributed by atoms with Gasteiger partial charge in [0.15, 0.2) is 0 Å². The van der Waals surface area contributed by atoms with E-state index in [0.717, 1.165) is 18.8 Å². The third-order valence-electron chi connectivity index (χ3n) is 4.02. The van der Waals surface area contributed by atoms with Gasteiger partial charge >= 0.3 is 0 Å². The maximum absolute atomic E-state index is 6.05. The van der Waals surface area contributed by atoms with E-state index in [2.05, 4.69) is 50.8 Å². The van der Waals surface area contributed by atoms with Crippen LogP contribution in [0, 0.1) is 6.92 Å². The molecule has 0 spiro atoms. The first-order valence-electron chi connectivity index (χ1n) is 7.93. The summed E-state index contributed by atoms with van der Waals surface area (Å²) >= 11 is 0. The third kappa shape index (κ3) is 4.24. The summed E-state index contributed by atoms with van der Waals surface area (Å²) in [6.07, 6.45) is 3.86. The highest BCUT2D eigenvalue weighted by molar-refractivity contribution is 5.41. The fraction of sp³-hybridized carbons (Fsp3) is 0.667. The Balaban J connectivity index is 1.88. The van der Waals surface area contributed by atoms with Gasteiger partial charge < -0.3 is 9.64 Å². The van der Waals surface area contributed by atoms with Gasteiger partial charge in [-0.2, -0.15) is 0 Å². The second kappa shape index (κ2) is 6.62. The molecule has 1 aromatic rings. The fourth-order valence-corrected chi connectivity index (χ4v) is 2.83. The van der Waals surface area contributed by atoms with Gasteiger partial charge in [-0.05, 0) is 56.3 Å². The molecule has 2 rings (SSSR count). The Labute approximate surface area is 124 Å². The molecular weight excluding hydrogens is 246 g/mol. The molecule has 0 N–H and O–H groups in total. The number of aryl methyl sites for hydroxylation is 1. The minimum atomic E-state index is 0.135. The summed E-state index contributed by atoms with van der Waals surface area (Å²) in [5, 5.41) is 0. The van der Waals surface area contributed by atoms with Crippen molar-refractivity contribution in [3.8, 4) is 5.75 Å². The highest BCUT2D eigenvalue weighted by Gasteiger charge is 2.19. The van der Waals surface area contributed by atoms with Gasteiger partial charge in [-0.1, -0.05) is 38.5 Å². The number of ether oxygens (including phenoxy) is 1. The molecule has 112 valence electrons. The maximum atomic E-state index is 6.05. The summed E-state index contributed by atoms with van der Waals surface area (Å²) in [6, 6.07) is 6.53. The van der Waals surface area contributed by atoms with Crippen LogP contribution in [-0.2, 0) is 5.41 Å². The van der Waals surface area contributed by atoms with Crippen LogP contribution in [0.2, 0.25) is 0 Å². The van der Waals surface area contributed by atoms with E-state index >= 15 is 0 Å². The van der Waals surface area contributed by atoms with E-state index in [9.17, 15) is 0 Å². The monoisotopic (exact) mass is 275 g/mol. The quantitative estimate of drug-likeness (QED) is 0.748. The van der Waals surface area contributed by atoms with E-state index in [1.165, 1.54) is 43.6 Å². The van der Waals surface area contributed by atoms with Crippen molar-refractivity contribution < 1.29 is 4.74 Å². The number of benzene rings is 1. The molecule has 2 heteroatoms. The summed E-state index contributed by atoms with van der Waals surface area (Å²) in [6.45, 7) is 13.4. The smallest absolute Gasteiger partial charge is 0.123 e. The maximum Gasteiger partial charge on any atom is 0.123 e. The predicted octanol–water partition coefficient (Wildman–Crippen LogP) is 4.16. The Kier molecular flexibility index (Phi) is 5.09. The summed E-state index contributed by atoms with van der Waals surface area (Å²) < 4.78 is 6.05. The SMILES string of the molecule is Cc1ccc(OCCCN2CCCC2)c(C(C)(C)C)c1. The molecule has 1 aliphatic heterocycles. The van der Waals surface area contributed by atoms with Crippen LogP contribution in [0.15, 0.2) is 18.2 Å². The zero-order valence-corrected chi connectivity index (χ0v) is 13.5. The van der Waals surface area contributed by atoms with Crippen LogP contribution in [0.3, 0.4) is 0 Å². The van der Waals surface area contributed by atoms with Gasteiger partial charge in [-0.15, -0.1) is 0 Å². The lowest BCUT2D eigenvalue weighted by molar-refractivity contribution is 0.259. The van der Waals surface area contributed by atoms with Gasteiger partial charge in [0.1, 0.15) is 5.75 Å². The van der Waals surface area contributed by atoms with Crippen LogP contribution in [0.5, 0.6) is 5.75 Å². The first-order chi connectivity index (χ1) is 9.47. The molecule has 0 saturated carbocycles. The highest BCUT2D eigenvalue weighted by atomic mass is 16.5. The zero-order chi connectivity index (χ0) is 14.6. The second-order valence-corrected chi connectivity index (χ2v) is 7.00. The molecule has 1 aliphatic rings. The van der Waals surface area contributed by atoms with Crippen LogP contribution in [-0.4, -0.2) is 31.1 Å². The Morgan fingerprint density at radius 1 is 1.15 bits per heavy atom. The van der Waals surface area contributed by atoms with Crippen LogP contribution in [0.4, 0.5) is 0 Å². The highest BCUT2D eigenvalue weighted by Crippen LogP contribution is 2.32. The Morgan fingerprint density at radius 3 is 2.50 bits per heavy atom. The minimum absolute atomic E-state index is 0.135. The number of likely N-dealkylation sites (tertiary alicyclic amines) is 1. The molecule has 0 bridgehead atoms. The topological polar surface area (TPSA) is 12.5 Å². The van der Waals surface area contributed by atoms with Gasteiger partial charge in [-0.25, -0.2) is 0 Å². The molecule has 0 unspecified atom stereocenters. The molecule has 0 radical (unpaired) electrons. The number of rotatable bonds is 5. The molecular formula is C18H29NO. The van der Waals surface area contributed by atoms with E-state index in [1.54, 1.807) is 0 Å². The van der Waals surface area contributed by atoms with E-state index in [1.807, 2.05) is 0 Å². The van der Waals surface area contributed by atoms with Crippen LogP contribution < -0.4 is 4.74 Å². The molecule has 1 saturated heterocycles. The van der Waals surface area contributed by atoms with Crippen molar-refractivity contribution in [1.82, 2.24) is 4.90 Å². The van der Waals surface area contributed by atoms with Crippen LogP contribution >= 0.6 is 0 Å². The van der Waals surface area contributed by atoms with Crippen molar-refractivity contribution in [3.63, 3.8) is 0 Å². The lowest BCUT2D eigenvalue weighted by Crippen LogP contribution is -2.22. The Bertz CT molecular complexity index is 428. The van der Waals surface area contributed by atoms with Crippen molar-refractivity contribution in [1.29, 1.82) is 0 Å². The molecule has 0 aromatic heterocycles. The summed E-state index contributed by atoms with van der Waals surface area (Å²) in [5.41, 5.74) is 2.76. The van der Waals surface area contributed by atoms with Crippen LogP contribution in [0.1, 0.15) is 51.2 Å². The summed E-state index contributed by atoms with van der Waals surface area (Å²) in [4.78, 5) is 2.54. The third-order valence-corrected chi connectivity index (χ3v) is 4.02. The largest absolute Gasteiger partial charge is 0.493 e. The molecule has 0 atom stereocenters. The molecule has 1 fully saturated rings. The van der Waals surface area contributed by atoms with Crippen molar-refractivity contribution in [2.45, 2.75) is 52.4 Å². The van der Waals surface area contributed by atoms with Crippen LogP contribution in [0.25, 0.3) is 0 Å². The van der Waals surface area contributed by atoms with Crippen molar-refractivity contribution in [3.05, 3.63) is 29.3 Å². The van der Waals surface area contributed by atoms with Gasteiger partial charge in [0, 0.05) is 6.54 Å². The van der Waals surface area contributed by atoms with Crippen molar-refractivity contribution in [2.75, 3.05) is 26.2 Å². The van der Waals surface area contributed by atoms with E-state index in [4.69, 9.17) is 4.74 Å². The molecule has 0 aliphatic carbocycles.